The summed E-state index contributed by atoms with van der Waals surface area (Å²) in [5.41, 5.74) is 1.07. The Morgan fingerprint density at radius 3 is 2.65 bits per heavy atom. The van der Waals surface area contributed by atoms with Crippen molar-refractivity contribution in [3.05, 3.63) is 28.8 Å². The molecule has 20 heavy (non-hydrogen) atoms. The number of ether oxygens (including phenoxy) is 1. The van der Waals surface area contributed by atoms with Crippen LogP contribution in [0.1, 0.15) is 12.5 Å². The number of rotatable bonds is 3. The number of benzene rings is 1. The Hall–Kier alpha value is -0.970. The number of amides is 1. The number of aryl methyl sites for hydroxylation is 1. The SMILES string of the molecule is Cc1ccc(OC(C)C(=O)N2CCNCC2)c(Cl)c1.Cl. The van der Waals surface area contributed by atoms with Gasteiger partial charge in [0.1, 0.15) is 5.75 Å². The Labute approximate surface area is 130 Å². The molecule has 1 unspecified atom stereocenters. The lowest BCUT2D eigenvalue weighted by atomic mass is 10.2. The number of carbonyl (C=O) groups is 1. The van der Waals surface area contributed by atoms with E-state index in [-0.39, 0.29) is 18.3 Å². The third-order valence-corrected chi connectivity index (χ3v) is 3.46. The molecule has 6 heteroatoms. The minimum Gasteiger partial charge on any atom is -0.479 e. The van der Waals surface area contributed by atoms with E-state index in [2.05, 4.69) is 5.32 Å². The van der Waals surface area contributed by atoms with E-state index in [0.717, 1.165) is 31.7 Å². The summed E-state index contributed by atoms with van der Waals surface area (Å²) in [6, 6.07) is 5.56. The maximum atomic E-state index is 12.2. The minimum atomic E-state index is -0.515. The molecule has 2 rings (SSSR count). The first-order chi connectivity index (χ1) is 9.08. The third-order valence-electron chi connectivity index (χ3n) is 3.17. The highest BCUT2D eigenvalue weighted by Gasteiger charge is 2.23. The zero-order valence-electron chi connectivity index (χ0n) is 11.7. The number of carbonyl (C=O) groups excluding carboxylic acids is 1. The molecule has 1 aliphatic rings. The predicted octanol–water partition coefficient (Wildman–Crippen LogP) is 2.27. The fraction of sp³-hybridized carbons (Fsp3) is 0.500. The Balaban J connectivity index is 0.00000200. The third kappa shape index (κ3) is 4.27. The molecule has 1 aromatic rings. The monoisotopic (exact) mass is 318 g/mol. The summed E-state index contributed by atoms with van der Waals surface area (Å²) in [4.78, 5) is 14.0. The largest absolute Gasteiger partial charge is 0.479 e. The molecule has 1 fully saturated rings. The number of piperazine rings is 1. The van der Waals surface area contributed by atoms with E-state index in [0.29, 0.717) is 10.8 Å². The van der Waals surface area contributed by atoms with Crippen molar-refractivity contribution in [3.8, 4) is 5.75 Å². The van der Waals surface area contributed by atoms with Gasteiger partial charge in [-0.2, -0.15) is 0 Å². The fourth-order valence-electron chi connectivity index (χ4n) is 2.08. The summed E-state index contributed by atoms with van der Waals surface area (Å²) in [6.45, 7) is 6.86. The first-order valence-electron chi connectivity index (χ1n) is 6.50. The highest BCUT2D eigenvalue weighted by Crippen LogP contribution is 2.26. The maximum absolute atomic E-state index is 12.2. The zero-order chi connectivity index (χ0) is 13.8. The van der Waals surface area contributed by atoms with Crippen LogP contribution in [0.15, 0.2) is 18.2 Å². The van der Waals surface area contributed by atoms with Crippen molar-refractivity contribution in [2.45, 2.75) is 20.0 Å². The van der Waals surface area contributed by atoms with Gasteiger partial charge in [-0.15, -0.1) is 12.4 Å². The van der Waals surface area contributed by atoms with Crippen LogP contribution < -0.4 is 10.1 Å². The van der Waals surface area contributed by atoms with Crippen LogP contribution in [0.3, 0.4) is 0 Å². The summed E-state index contributed by atoms with van der Waals surface area (Å²) in [5, 5.41) is 3.76. The van der Waals surface area contributed by atoms with Crippen LogP contribution in [0.2, 0.25) is 5.02 Å². The summed E-state index contributed by atoms with van der Waals surface area (Å²) in [5.74, 6) is 0.571. The molecular formula is C14H20Cl2N2O2. The fourth-order valence-corrected chi connectivity index (χ4v) is 2.36. The van der Waals surface area contributed by atoms with Gasteiger partial charge >= 0.3 is 0 Å². The molecule has 1 aliphatic heterocycles. The Bertz CT molecular complexity index is 462. The smallest absolute Gasteiger partial charge is 0.263 e. The van der Waals surface area contributed by atoms with Crippen molar-refractivity contribution >= 4 is 29.9 Å². The van der Waals surface area contributed by atoms with Gasteiger partial charge in [0.2, 0.25) is 0 Å². The van der Waals surface area contributed by atoms with Crippen molar-refractivity contribution in [1.82, 2.24) is 10.2 Å². The van der Waals surface area contributed by atoms with E-state index >= 15 is 0 Å². The average molecular weight is 319 g/mol. The van der Waals surface area contributed by atoms with Crippen LogP contribution in [0.5, 0.6) is 5.75 Å². The van der Waals surface area contributed by atoms with Crippen LogP contribution in [0.4, 0.5) is 0 Å². The quantitative estimate of drug-likeness (QED) is 0.929. The summed E-state index contributed by atoms with van der Waals surface area (Å²) in [6.07, 6.45) is -0.515. The maximum Gasteiger partial charge on any atom is 0.263 e. The molecule has 0 spiro atoms. The van der Waals surface area contributed by atoms with Crippen molar-refractivity contribution in [2.75, 3.05) is 26.2 Å². The highest BCUT2D eigenvalue weighted by molar-refractivity contribution is 6.32. The van der Waals surface area contributed by atoms with Gasteiger partial charge in [0.25, 0.3) is 5.91 Å². The van der Waals surface area contributed by atoms with Gasteiger partial charge in [-0.05, 0) is 31.5 Å². The first-order valence-corrected chi connectivity index (χ1v) is 6.88. The van der Waals surface area contributed by atoms with E-state index in [1.54, 1.807) is 13.0 Å². The Morgan fingerprint density at radius 2 is 2.05 bits per heavy atom. The van der Waals surface area contributed by atoms with Gasteiger partial charge in [-0.3, -0.25) is 4.79 Å². The van der Waals surface area contributed by atoms with Crippen molar-refractivity contribution < 1.29 is 9.53 Å². The van der Waals surface area contributed by atoms with Crippen LogP contribution in [0.25, 0.3) is 0 Å². The van der Waals surface area contributed by atoms with Gasteiger partial charge in [0, 0.05) is 26.2 Å². The molecule has 112 valence electrons. The number of halogens is 2. The van der Waals surface area contributed by atoms with Gasteiger partial charge in [0.15, 0.2) is 6.10 Å². The van der Waals surface area contributed by atoms with Crippen molar-refractivity contribution in [3.63, 3.8) is 0 Å². The second kappa shape index (κ2) is 7.72. The molecule has 1 N–H and O–H groups in total. The molecule has 0 bridgehead atoms. The van der Waals surface area contributed by atoms with E-state index in [1.165, 1.54) is 0 Å². The van der Waals surface area contributed by atoms with E-state index in [1.807, 2.05) is 24.0 Å². The van der Waals surface area contributed by atoms with Crippen LogP contribution >= 0.6 is 24.0 Å². The molecule has 0 radical (unpaired) electrons. The molecule has 4 nitrogen and oxygen atoms in total. The van der Waals surface area contributed by atoms with Crippen LogP contribution in [0, 0.1) is 6.92 Å². The Morgan fingerprint density at radius 1 is 1.40 bits per heavy atom. The molecule has 1 aromatic carbocycles. The van der Waals surface area contributed by atoms with E-state index < -0.39 is 6.10 Å². The molecule has 0 saturated carbocycles. The summed E-state index contributed by atoms with van der Waals surface area (Å²) < 4.78 is 5.67. The minimum absolute atomic E-state index is 0. The van der Waals surface area contributed by atoms with Gasteiger partial charge < -0.3 is 15.0 Å². The summed E-state index contributed by atoms with van der Waals surface area (Å²) in [7, 11) is 0. The lowest BCUT2D eigenvalue weighted by molar-refractivity contribution is -0.138. The lowest BCUT2D eigenvalue weighted by Crippen LogP contribution is -2.50. The highest BCUT2D eigenvalue weighted by atomic mass is 35.5. The topological polar surface area (TPSA) is 41.6 Å². The van der Waals surface area contributed by atoms with Crippen molar-refractivity contribution in [2.24, 2.45) is 0 Å². The first kappa shape index (κ1) is 17.1. The molecular weight excluding hydrogens is 299 g/mol. The van der Waals surface area contributed by atoms with Crippen molar-refractivity contribution in [1.29, 1.82) is 0 Å². The number of hydrogen-bond acceptors (Lipinski definition) is 3. The second-order valence-electron chi connectivity index (χ2n) is 4.77. The second-order valence-corrected chi connectivity index (χ2v) is 5.18. The zero-order valence-corrected chi connectivity index (χ0v) is 13.3. The number of nitrogens with zero attached hydrogens (tertiary/aromatic N) is 1. The molecule has 0 aromatic heterocycles. The van der Waals surface area contributed by atoms with E-state index in [9.17, 15) is 4.79 Å². The number of nitrogens with one attached hydrogen (secondary N) is 1. The Kier molecular flexibility index (Phi) is 6.59. The molecule has 0 aliphatic carbocycles. The number of hydrogen-bond donors (Lipinski definition) is 1. The predicted molar refractivity (Wildman–Crippen MR) is 83.0 cm³/mol. The van der Waals surface area contributed by atoms with E-state index in [4.69, 9.17) is 16.3 Å². The molecule has 1 saturated heterocycles. The van der Waals surface area contributed by atoms with Gasteiger partial charge in [0.05, 0.1) is 5.02 Å². The van der Waals surface area contributed by atoms with Crippen LogP contribution in [-0.4, -0.2) is 43.1 Å². The van der Waals surface area contributed by atoms with Gasteiger partial charge in [-0.25, -0.2) is 0 Å². The van der Waals surface area contributed by atoms with Crippen LogP contribution in [-0.2, 0) is 4.79 Å². The molecule has 1 amide bonds. The summed E-state index contributed by atoms with van der Waals surface area (Å²) >= 11 is 6.10. The lowest BCUT2D eigenvalue weighted by Gasteiger charge is -2.29. The molecule has 1 atom stereocenters. The van der Waals surface area contributed by atoms with Gasteiger partial charge in [-0.1, -0.05) is 17.7 Å². The molecule has 1 heterocycles. The standard InChI is InChI=1S/C14H19ClN2O2.ClH/c1-10-3-4-13(12(15)9-10)19-11(2)14(18)17-7-5-16-6-8-17;/h3-4,9,11,16H,5-8H2,1-2H3;1H. The normalized spacial score (nSPS) is 16.2. The average Bonchev–Trinajstić information content (AvgIpc) is 2.42.